The van der Waals surface area contributed by atoms with E-state index in [9.17, 15) is 0 Å². The van der Waals surface area contributed by atoms with Crippen LogP contribution >= 0.6 is 11.3 Å². The molecule has 0 amide bonds. The van der Waals surface area contributed by atoms with Crippen LogP contribution in [0.1, 0.15) is 36.8 Å². The Bertz CT molecular complexity index is 666. The Morgan fingerprint density at radius 3 is 1.77 bits per heavy atom. The molecule has 0 aliphatic heterocycles. The van der Waals surface area contributed by atoms with Crippen LogP contribution in [0.2, 0.25) is 0 Å². The molecule has 0 saturated carbocycles. The van der Waals surface area contributed by atoms with Gasteiger partial charge in [0.05, 0.1) is 0 Å². The maximum Gasteiger partial charge on any atom is 0.0342 e. The third-order valence-electron chi connectivity index (χ3n) is 5.35. The number of rotatable bonds is 17. The molecule has 1 aromatic heterocycles. The fraction of sp³-hybridized carbons (Fsp3) is 0.583. The summed E-state index contributed by atoms with van der Waals surface area (Å²) in [7, 11) is 0. The Balaban J connectivity index is 1.95. The smallest absolute Gasteiger partial charge is 0.0342 e. The third-order valence-corrected chi connectivity index (χ3v) is 6.27. The van der Waals surface area contributed by atoms with Crippen LogP contribution < -0.4 is 33.6 Å². The first-order valence-electron chi connectivity index (χ1n) is 11.6. The predicted molar refractivity (Wildman–Crippen MR) is 135 cm³/mol. The summed E-state index contributed by atoms with van der Waals surface area (Å²) < 4.78 is 0. The molecule has 0 aliphatic rings. The van der Waals surface area contributed by atoms with Gasteiger partial charge in [0.1, 0.15) is 0 Å². The summed E-state index contributed by atoms with van der Waals surface area (Å²) in [6, 6.07) is 11.4. The summed E-state index contributed by atoms with van der Waals surface area (Å²) in [6.45, 7) is 5.23. The number of nitrogens with one attached hydrogen (secondary N) is 2. The molecular weight excluding hydrogens is 404 g/mol. The number of nitrogens with two attached hydrogens (primary N) is 4. The number of hydrogen-bond acceptors (Lipinski definition) is 7. The number of benzene rings is 1. The van der Waals surface area contributed by atoms with Crippen LogP contribution in [-0.4, -0.2) is 51.4 Å². The molecule has 1 aromatic carbocycles. The molecule has 7 heteroatoms. The van der Waals surface area contributed by atoms with E-state index in [2.05, 4.69) is 46.3 Å². The Labute approximate surface area is 192 Å². The fourth-order valence-electron chi connectivity index (χ4n) is 3.67. The van der Waals surface area contributed by atoms with Crippen molar-refractivity contribution in [2.75, 3.05) is 39.3 Å². The Morgan fingerprint density at radius 1 is 0.774 bits per heavy atom. The van der Waals surface area contributed by atoms with Gasteiger partial charge < -0.3 is 33.6 Å². The fourth-order valence-corrected chi connectivity index (χ4v) is 4.39. The second-order valence-corrected chi connectivity index (χ2v) is 9.25. The third kappa shape index (κ3) is 10.7. The molecule has 0 saturated heterocycles. The molecular formula is C24H42N6S. The summed E-state index contributed by atoms with van der Waals surface area (Å²) in [4.78, 5) is 1.29. The summed E-state index contributed by atoms with van der Waals surface area (Å²) in [5, 5.41) is 8.96. The van der Waals surface area contributed by atoms with Gasteiger partial charge in [-0.15, -0.1) is 11.3 Å². The first-order valence-corrected chi connectivity index (χ1v) is 12.5. The molecule has 0 spiro atoms. The van der Waals surface area contributed by atoms with E-state index in [-0.39, 0.29) is 12.1 Å². The second kappa shape index (κ2) is 15.5. The molecule has 2 atom stereocenters. The van der Waals surface area contributed by atoms with Crippen LogP contribution in [0, 0.1) is 0 Å². The molecule has 0 aliphatic carbocycles. The second-order valence-electron chi connectivity index (χ2n) is 8.31. The van der Waals surface area contributed by atoms with Gasteiger partial charge in [0, 0.05) is 17.0 Å². The van der Waals surface area contributed by atoms with Crippen LogP contribution in [0.5, 0.6) is 0 Å². The highest BCUT2D eigenvalue weighted by Crippen LogP contribution is 2.28. The van der Waals surface area contributed by atoms with E-state index < -0.39 is 0 Å². The van der Waals surface area contributed by atoms with Gasteiger partial charge in [0.25, 0.3) is 0 Å². The van der Waals surface area contributed by atoms with Gasteiger partial charge in [-0.25, -0.2) is 0 Å². The topological polar surface area (TPSA) is 128 Å². The zero-order chi connectivity index (χ0) is 22.3. The van der Waals surface area contributed by atoms with Crippen LogP contribution in [0.4, 0.5) is 0 Å². The van der Waals surface area contributed by atoms with Crippen molar-refractivity contribution in [1.82, 2.24) is 10.6 Å². The van der Waals surface area contributed by atoms with E-state index in [1.807, 2.05) is 0 Å². The molecule has 2 aromatic rings. The molecule has 2 rings (SSSR count). The summed E-state index contributed by atoms with van der Waals surface area (Å²) in [6.07, 6.45) is 5.67. The first-order chi connectivity index (χ1) is 15.1. The number of hydrogen-bond donors (Lipinski definition) is 6. The number of thiophene rings is 1. The first kappa shape index (κ1) is 25.9. The average Bonchev–Trinajstić information content (AvgIpc) is 3.28. The van der Waals surface area contributed by atoms with Crippen molar-refractivity contribution in [1.29, 1.82) is 0 Å². The minimum absolute atomic E-state index is 0.136. The minimum atomic E-state index is 0.136. The molecule has 10 N–H and O–H groups in total. The lowest BCUT2D eigenvalue weighted by molar-refractivity contribution is 0.549. The monoisotopic (exact) mass is 446 g/mol. The molecule has 0 fully saturated rings. The molecule has 0 radical (unpaired) electrons. The normalized spacial score (nSPS) is 13.4. The summed E-state index contributed by atoms with van der Waals surface area (Å²) in [5.41, 5.74) is 27.8. The van der Waals surface area contributed by atoms with Crippen LogP contribution in [0.15, 0.2) is 35.7 Å². The van der Waals surface area contributed by atoms with E-state index in [4.69, 9.17) is 22.9 Å². The van der Waals surface area contributed by atoms with E-state index in [0.29, 0.717) is 0 Å². The standard InChI is InChI=1S/C24H42N6S/c25-7-2-9-29-11-5-22(27)17-19-14-20(16-21(15-19)24-4-1-13-31-24)18-23(28)6-12-30-10-3-8-26/h1,4,13-16,22-23,29-30H,2-3,5-12,17-18,25-28H2. The highest BCUT2D eigenvalue weighted by Gasteiger charge is 2.11. The van der Waals surface area contributed by atoms with Gasteiger partial charge in [-0.2, -0.15) is 0 Å². The van der Waals surface area contributed by atoms with E-state index >= 15 is 0 Å². The van der Waals surface area contributed by atoms with Gasteiger partial charge in [0.15, 0.2) is 0 Å². The van der Waals surface area contributed by atoms with Crippen LogP contribution in [0.3, 0.4) is 0 Å². The SMILES string of the molecule is NCCCNCCC(N)Cc1cc(CC(N)CCNCCCN)cc(-c2cccs2)c1. The van der Waals surface area contributed by atoms with Crippen molar-refractivity contribution in [2.45, 2.75) is 50.6 Å². The summed E-state index contributed by atoms with van der Waals surface area (Å²) in [5.74, 6) is 0. The van der Waals surface area contributed by atoms with E-state index in [1.54, 1.807) is 11.3 Å². The Kier molecular flexibility index (Phi) is 12.9. The maximum atomic E-state index is 6.44. The van der Waals surface area contributed by atoms with Crippen LogP contribution in [-0.2, 0) is 12.8 Å². The molecule has 0 bridgehead atoms. The zero-order valence-electron chi connectivity index (χ0n) is 18.8. The average molecular weight is 447 g/mol. The maximum absolute atomic E-state index is 6.44. The van der Waals surface area contributed by atoms with Crippen molar-refractivity contribution < 1.29 is 0 Å². The van der Waals surface area contributed by atoms with Crippen molar-refractivity contribution in [2.24, 2.45) is 22.9 Å². The zero-order valence-corrected chi connectivity index (χ0v) is 19.6. The predicted octanol–water partition coefficient (Wildman–Crippen LogP) is 1.81. The van der Waals surface area contributed by atoms with Gasteiger partial charge in [-0.3, -0.25) is 0 Å². The summed E-state index contributed by atoms with van der Waals surface area (Å²) >= 11 is 1.77. The molecule has 6 nitrogen and oxygen atoms in total. The molecule has 31 heavy (non-hydrogen) atoms. The molecule has 1 heterocycles. The van der Waals surface area contributed by atoms with Gasteiger partial charge in [-0.05, 0) is 106 Å². The van der Waals surface area contributed by atoms with Crippen molar-refractivity contribution in [3.63, 3.8) is 0 Å². The van der Waals surface area contributed by atoms with Crippen molar-refractivity contribution in [3.05, 3.63) is 46.8 Å². The molecule has 2 unspecified atom stereocenters. The van der Waals surface area contributed by atoms with E-state index in [0.717, 1.165) is 77.8 Å². The van der Waals surface area contributed by atoms with Crippen molar-refractivity contribution in [3.8, 4) is 10.4 Å². The minimum Gasteiger partial charge on any atom is -0.330 e. The van der Waals surface area contributed by atoms with E-state index in [1.165, 1.54) is 21.6 Å². The lowest BCUT2D eigenvalue weighted by atomic mass is 9.95. The highest BCUT2D eigenvalue weighted by atomic mass is 32.1. The quantitative estimate of drug-likeness (QED) is 0.206. The molecule has 174 valence electrons. The highest BCUT2D eigenvalue weighted by molar-refractivity contribution is 7.13. The van der Waals surface area contributed by atoms with Gasteiger partial charge >= 0.3 is 0 Å². The van der Waals surface area contributed by atoms with Gasteiger partial charge in [0.2, 0.25) is 0 Å². The lowest BCUT2D eigenvalue weighted by Gasteiger charge is -2.17. The lowest BCUT2D eigenvalue weighted by Crippen LogP contribution is -2.30. The Hall–Kier alpha value is -1.32. The largest absolute Gasteiger partial charge is 0.330 e. The van der Waals surface area contributed by atoms with Gasteiger partial charge in [-0.1, -0.05) is 24.3 Å². The van der Waals surface area contributed by atoms with Crippen molar-refractivity contribution >= 4 is 11.3 Å². The Morgan fingerprint density at radius 2 is 1.32 bits per heavy atom. The van der Waals surface area contributed by atoms with Crippen LogP contribution in [0.25, 0.3) is 10.4 Å².